The lowest BCUT2D eigenvalue weighted by atomic mass is 9.43. The van der Waals surface area contributed by atoms with Gasteiger partial charge in [-0.25, -0.2) is 9.59 Å². The van der Waals surface area contributed by atoms with Gasteiger partial charge in [0.2, 0.25) is 0 Å². The van der Waals surface area contributed by atoms with Crippen LogP contribution in [0.2, 0.25) is 0 Å². The molecule has 0 radical (unpaired) electrons. The first-order valence-electron chi connectivity index (χ1n) is 16.4. The smallest absolute Gasteiger partial charge is 0.409 e. The fourth-order valence-corrected chi connectivity index (χ4v) is 10.4. The molecule has 10 nitrogen and oxygen atoms in total. The van der Waals surface area contributed by atoms with Gasteiger partial charge in [-0.1, -0.05) is 13.8 Å². The lowest BCUT2D eigenvalue weighted by molar-refractivity contribution is -0.206. The zero-order valence-corrected chi connectivity index (χ0v) is 26.3. The van der Waals surface area contributed by atoms with Crippen molar-refractivity contribution in [1.82, 2.24) is 9.80 Å². The molecule has 1 amide bonds. The molecular formula is C33H50N2O8. The number of ether oxygens (including phenoxy) is 4. The molecule has 0 unspecified atom stereocenters. The Bertz CT molecular complexity index is 1140. The third-order valence-electron chi connectivity index (χ3n) is 12.8. The van der Waals surface area contributed by atoms with E-state index in [1.807, 2.05) is 11.9 Å². The van der Waals surface area contributed by atoms with Crippen molar-refractivity contribution in [3.05, 3.63) is 11.6 Å². The van der Waals surface area contributed by atoms with Crippen LogP contribution in [0.4, 0.5) is 4.79 Å². The van der Waals surface area contributed by atoms with Crippen LogP contribution in [-0.2, 0) is 28.5 Å². The number of rotatable bonds is 6. The zero-order valence-electron chi connectivity index (χ0n) is 26.3. The quantitative estimate of drug-likeness (QED) is 0.360. The lowest BCUT2D eigenvalue weighted by Gasteiger charge is -2.63. The van der Waals surface area contributed by atoms with Crippen molar-refractivity contribution in [2.45, 2.75) is 89.9 Å². The molecule has 0 aromatic carbocycles. The van der Waals surface area contributed by atoms with Crippen molar-refractivity contribution >= 4 is 18.0 Å². The van der Waals surface area contributed by atoms with Gasteiger partial charge in [-0.15, -0.1) is 0 Å². The first-order chi connectivity index (χ1) is 20.5. The summed E-state index contributed by atoms with van der Waals surface area (Å²) in [5.41, 5.74) is -0.606. The van der Waals surface area contributed by atoms with E-state index < -0.39 is 17.1 Å². The first kappa shape index (κ1) is 30.8. The molecule has 240 valence electrons. The lowest BCUT2D eigenvalue weighted by Crippen LogP contribution is -2.62. The van der Waals surface area contributed by atoms with Crippen molar-refractivity contribution < 1.29 is 38.4 Å². The van der Waals surface area contributed by atoms with E-state index in [-0.39, 0.29) is 47.9 Å². The van der Waals surface area contributed by atoms with Crippen molar-refractivity contribution in [3.8, 4) is 0 Å². The summed E-state index contributed by atoms with van der Waals surface area (Å²) in [6.45, 7) is 10.5. The predicted molar refractivity (Wildman–Crippen MR) is 157 cm³/mol. The van der Waals surface area contributed by atoms with Gasteiger partial charge in [0.15, 0.2) is 0 Å². The number of nitrogens with zero attached hydrogens (tertiary/aromatic N) is 2. The van der Waals surface area contributed by atoms with Gasteiger partial charge in [-0.05, 0) is 73.7 Å². The Morgan fingerprint density at radius 1 is 1.12 bits per heavy atom. The number of amides is 1. The Morgan fingerprint density at radius 2 is 1.88 bits per heavy atom. The van der Waals surface area contributed by atoms with Gasteiger partial charge < -0.3 is 29.0 Å². The topological polar surface area (TPSA) is 115 Å². The van der Waals surface area contributed by atoms with Crippen molar-refractivity contribution in [2.24, 2.45) is 34.5 Å². The Kier molecular flexibility index (Phi) is 8.35. The molecule has 0 aromatic rings. The highest BCUT2D eigenvalue weighted by molar-refractivity contribution is 5.85. The van der Waals surface area contributed by atoms with Gasteiger partial charge in [0.05, 0.1) is 18.8 Å². The molecule has 6 aliphatic rings. The molecule has 1 N–H and O–H groups in total. The molecule has 1 saturated heterocycles. The van der Waals surface area contributed by atoms with Gasteiger partial charge in [-0.3, -0.25) is 9.69 Å². The van der Waals surface area contributed by atoms with E-state index >= 15 is 0 Å². The molecular weight excluding hydrogens is 552 g/mol. The molecule has 4 saturated carbocycles. The maximum Gasteiger partial charge on any atom is 0.409 e. The average Bonchev–Trinajstić information content (AvgIpc) is 3.49. The number of hydrogen-bond donors (Lipinski definition) is 1. The first-order valence-corrected chi connectivity index (χ1v) is 16.4. The summed E-state index contributed by atoms with van der Waals surface area (Å²) in [5, 5.41) is 12.7. The van der Waals surface area contributed by atoms with E-state index in [4.69, 9.17) is 18.9 Å². The molecule has 0 bridgehead atoms. The molecule has 2 aliphatic heterocycles. The summed E-state index contributed by atoms with van der Waals surface area (Å²) in [7, 11) is 1.88. The van der Waals surface area contributed by atoms with Gasteiger partial charge in [0, 0.05) is 63.5 Å². The molecule has 4 aliphatic carbocycles. The summed E-state index contributed by atoms with van der Waals surface area (Å²) in [6, 6.07) is 0.151. The molecule has 9 atom stereocenters. The molecule has 5 fully saturated rings. The van der Waals surface area contributed by atoms with Crippen LogP contribution in [0.5, 0.6) is 0 Å². The molecule has 0 aromatic heterocycles. The minimum atomic E-state index is -1.00. The summed E-state index contributed by atoms with van der Waals surface area (Å²) in [6.07, 6.45) is 7.81. The van der Waals surface area contributed by atoms with E-state index in [2.05, 4.69) is 18.7 Å². The molecule has 0 spiro atoms. The Morgan fingerprint density at radius 3 is 2.58 bits per heavy atom. The van der Waals surface area contributed by atoms with Crippen LogP contribution in [0.15, 0.2) is 11.6 Å². The third-order valence-corrected chi connectivity index (χ3v) is 12.8. The van der Waals surface area contributed by atoms with Gasteiger partial charge in [0.25, 0.3) is 0 Å². The summed E-state index contributed by atoms with van der Waals surface area (Å²) < 4.78 is 22.2. The van der Waals surface area contributed by atoms with E-state index in [9.17, 15) is 19.5 Å². The second-order valence-corrected chi connectivity index (χ2v) is 14.6. The van der Waals surface area contributed by atoms with E-state index in [1.54, 1.807) is 6.08 Å². The number of carbonyl (C=O) groups excluding carboxylic acids is 3. The maximum absolute atomic E-state index is 13.0. The van der Waals surface area contributed by atoms with Crippen molar-refractivity contribution in [1.29, 1.82) is 0 Å². The second kappa shape index (κ2) is 11.6. The standard InChI is InChI=1S/C33H50N2O8/c1-21(36)43-27-19-33(39)26-6-5-23-18-24(34(4)30(38)41-16-13-35-11-14-40-15-12-35)7-9-31(23,2)25(26)8-10-32(33,3)29(27)22-17-28(37)42-20-22/h17,23-27,29,39H,5-16,18-20H2,1-4H3/t23-,24+,25+,26-,27+,29+,31+,32-,33+/m1/s1. The largest absolute Gasteiger partial charge is 0.462 e. The van der Waals surface area contributed by atoms with Gasteiger partial charge in [0.1, 0.15) is 19.3 Å². The number of carbonyl (C=O) groups is 3. The van der Waals surface area contributed by atoms with Crippen LogP contribution in [0, 0.1) is 34.5 Å². The molecule has 2 heterocycles. The highest BCUT2D eigenvalue weighted by atomic mass is 16.6. The monoisotopic (exact) mass is 602 g/mol. The summed E-state index contributed by atoms with van der Waals surface area (Å²) >= 11 is 0. The number of cyclic esters (lactones) is 1. The zero-order chi connectivity index (χ0) is 30.6. The highest BCUT2D eigenvalue weighted by Gasteiger charge is 2.71. The van der Waals surface area contributed by atoms with Crippen LogP contribution in [0.1, 0.15) is 72.1 Å². The third kappa shape index (κ3) is 5.29. The average molecular weight is 603 g/mol. The predicted octanol–water partition coefficient (Wildman–Crippen LogP) is 3.55. The Labute approximate surface area is 255 Å². The molecule has 10 heteroatoms. The van der Waals surface area contributed by atoms with Gasteiger partial charge >= 0.3 is 18.0 Å². The second-order valence-electron chi connectivity index (χ2n) is 14.6. The number of aliphatic hydroxyl groups is 1. The maximum atomic E-state index is 13.0. The van der Waals surface area contributed by atoms with Gasteiger partial charge in [-0.2, -0.15) is 0 Å². The molecule has 6 rings (SSSR count). The number of fused-ring (bicyclic) bond motifs is 5. The minimum Gasteiger partial charge on any atom is -0.462 e. The Balaban J connectivity index is 1.13. The number of morpholine rings is 1. The normalized spacial score (nSPS) is 42.6. The highest BCUT2D eigenvalue weighted by Crippen LogP contribution is 2.70. The molecule has 43 heavy (non-hydrogen) atoms. The summed E-state index contributed by atoms with van der Waals surface area (Å²) in [5.74, 6) is -0.0510. The van der Waals surface area contributed by atoms with Crippen LogP contribution in [0.25, 0.3) is 0 Å². The number of esters is 2. The number of hydrogen-bond acceptors (Lipinski definition) is 9. The van der Waals surface area contributed by atoms with E-state index in [0.29, 0.717) is 24.9 Å². The fraction of sp³-hybridized carbons (Fsp3) is 0.848. The van der Waals surface area contributed by atoms with Crippen molar-refractivity contribution in [2.75, 3.05) is 53.1 Å². The Hall–Kier alpha value is -2.17. The van der Waals surface area contributed by atoms with Crippen molar-refractivity contribution in [3.63, 3.8) is 0 Å². The SMILES string of the molecule is CC(=O)O[C@H]1C[C@]2(O)[C@@H]3CC[C@@H]4C[C@@H](N(C)C(=O)OCCN5CCOCC5)CC[C@]4(C)[C@H]3CC[C@]2(C)[C@H]1C1=CC(=O)OC1. The van der Waals surface area contributed by atoms with Crippen LogP contribution >= 0.6 is 0 Å². The minimum absolute atomic E-state index is 0.0677. The fourth-order valence-electron chi connectivity index (χ4n) is 10.4. The summed E-state index contributed by atoms with van der Waals surface area (Å²) in [4.78, 5) is 41.3. The van der Waals surface area contributed by atoms with E-state index in [0.717, 1.165) is 83.4 Å². The van der Waals surface area contributed by atoms with E-state index in [1.165, 1.54) is 6.92 Å². The van der Waals surface area contributed by atoms with Crippen LogP contribution < -0.4 is 0 Å². The van der Waals surface area contributed by atoms with Crippen LogP contribution in [-0.4, -0.2) is 104 Å². The van der Waals surface area contributed by atoms with Crippen LogP contribution in [0.3, 0.4) is 0 Å².